The van der Waals surface area contributed by atoms with E-state index in [1.54, 1.807) is 11.3 Å². The van der Waals surface area contributed by atoms with E-state index in [-0.39, 0.29) is 5.91 Å². The van der Waals surface area contributed by atoms with Crippen molar-refractivity contribution in [3.8, 4) is 0 Å². The van der Waals surface area contributed by atoms with Gasteiger partial charge in [0, 0.05) is 11.4 Å². The maximum absolute atomic E-state index is 11.6. The maximum Gasteiger partial charge on any atom is 0.261 e. The Hall–Kier alpha value is -0.870. The predicted octanol–water partition coefficient (Wildman–Crippen LogP) is 1.78. The van der Waals surface area contributed by atoms with Crippen LogP contribution in [0.15, 0.2) is 12.1 Å². The Bertz CT molecular complexity index is 309. The molecular formula is C11H18N2OS. The first-order valence-corrected chi connectivity index (χ1v) is 6.16. The lowest BCUT2D eigenvalue weighted by Crippen LogP contribution is -2.23. The Kier molecular flexibility index (Phi) is 5.36. The van der Waals surface area contributed by atoms with Crippen molar-refractivity contribution in [1.29, 1.82) is 0 Å². The molecule has 0 unspecified atom stereocenters. The van der Waals surface area contributed by atoms with Crippen molar-refractivity contribution in [1.82, 2.24) is 5.32 Å². The van der Waals surface area contributed by atoms with Gasteiger partial charge in [0.1, 0.15) is 0 Å². The van der Waals surface area contributed by atoms with Crippen molar-refractivity contribution in [2.75, 3.05) is 13.1 Å². The van der Waals surface area contributed by atoms with Crippen LogP contribution in [0.5, 0.6) is 0 Å². The molecule has 15 heavy (non-hydrogen) atoms. The van der Waals surface area contributed by atoms with Crippen molar-refractivity contribution >= 4 is 17.2 Å². The maximum atomic E-state index is 11.6. The van der Waals surface area contributed by atoms with E-state index in [2.05, 4.69) is 12.2 Å². The van der Waals surface area contributed by atoms with E-state index in [0.717, 1.165) is 30.7 Å². The van der Waals surface area contributed by atoms with Crippen LogP contribution in [0.4, 0.5) is 0 Å². The van der Waals surface area contributed by atoms with Crippen molar-refractivity contribution in [2.45, 2.75) is 26.2 Å². The third-order valence-electron chi connectivity index (χ3n) is 2.15. The average molecular weight is 226 g/mol. The van der Waals surface area contributed by atoms with E-state index >= 15 is 0 Å². The first-order chi connectivity index (χ1) is 7.27. The number of aryl methyl sites for hydroxylation is 1. The third kappa shape index (κ3) is 4.01. The molecule has 1 aromatic heterocycles. The van der Waals surface area contributed by atoms with Crippen LogP contribution in [0.2, 0.25) is 0 Å². The summed E-state index contributed by atoms with van der Waals surface area (Å²) in [4.78, 5) is 13.7. The molecule has 1 amide bonds. The number of hydrogen-bond acceptors (Lipinski definition) is 3. The normalized spacial score (nSPS) is 10.3. The zero-order valence-corrected chi connectivity index (χ0v) is 9.90. The molecule has 84 valence electrons. The fourth-order valence-electron chi connectivity index (χ4n) is 1.25. The van der Waals surface area contributed by atoms with Gasteiger partial charge in [-0.3, -0.25) is 4.79 Å². The molecule has 0 aliphatic rings. The zero-order valence-electron chi connectivity index (χ0n) is 9.08. The Labute approximate surface area is 94.7 Å². The molecule has 0 saturated heterocycles. The van der Waals surface area contributed by atoms with Gasteiger partial charge in [-0.1, -0.05) is 6.92 Å². The van der Waals surface area contributed by atoms with Crippen LogP contribution in [0.3, 0.4) is 0 Å². The Morgan fingerprint density at radius 3 is 2.87 bits per heavy atom. The molecule has 0 aliphatic carbocycles. The van der Waals surface area contributed by atoms with E-state index in [1.165, 1.54) is 4.88 Å². The van der Waals surface area contributed by atoms with Gasteiger partial charge in [0.2, 0.25) is 0 Å². The first kappa shape index (κ1) is 12.2. The fourth-order valence-corrected chi connectivity index (χ4v) is 2.11. The molecule has 1 aromatic rings. The van der Waals surface area contributed by atoms with Gasteiger partial charge in [0.15, 0.2) is 0 Å². The lowest BCUT2D eigenvalue weighted by molar-refractivity contribution is 0.0957. The molecule has 0 aliphatic heterocycles. The van der Waals surface area contributed by atoms with Crippen molar-refractivity contribution < 1.29 is 4.79 Å². The number of thiophene rings is 1. The SMILES string of the molecule is CCc1ccc(C(=O)NCCCCN)s1. The van der Waals surface area contributed by atoms with Gasteiger partial charge in [-0.25, -0.2) is 0 Å². The highest BCUT2D eigenvalue weighted by Gasteiger charge is 2.07. The van der Waals surface area contributed by atoms with Crippen molar-refractivity contribution in [3.63, 3.8) is 0 Å². The minimum absolute atomic E-state index is 0.0386. The summed E-state index contributed by atoms with van der Waals surface area (Å²) in [6.45, 7) is 3.50. The molecule has 3 nitrogen and oxygen atoms in total. The fraction of sp³-hybridized carbons (Fsp3) is 0.545. The summed E-state index contributed by atoms with van der Waals surface area (Å²) in [5.41, 5.74) is 5.37. The number of carbonyl (C=O) groups is 1. The number of hydrogen-bond donors (Lipinski definition) is 2. The molecule has 0 bridgehead atoms. The van der Waals surface area contributed by atoms with Gasteiger partial charge in [-0.15, -0.1) is 11.3 Å². The zero-order chi connectivity index (χ0) is 11.1. The second-order valence-electron chi connectivity index (χ2n) is 3.37. The van der Waals surface area contributed by atoms with Crippen LogP contribution in [0, 0.1) is 0 Å². The molecule has 0 saturated carbocycles. The van der Waals surface area contributed by atoms with Gasteiger partial charge < -0.3 is 11.1 Å². The Balaban J connectivity index is 2.33. The molecule has 0 aromatic carbocycles. The molecule has 3 N–H and O–H groups in total. The summed E-state index contributed by atoms with van der Waals surface area (Å²) in [5, 5.41) is 2.89. The number of carbonyl (C=O) groups excluding carboxylic acids is 1. The highest BCUT2D eigenvalue weighted by atomic mass is 32.1. The van der Waals surface area contributed by atoms with Crippen LogP contribution < -0.4 is 11.1 Å². The predicted molar refractivity (Wildman–Crippen MR) is 64.3 cm³/mol. The van der Waals surface area contributed by atoms with Gasteiger partial charge in [0.25, 0.3) is 5.91 Å². The van der Waals surface area contributed by atoms with E-state index in [0.29, 0.717) is 6.54 Å². The third-order valence-corrected chi connectivity index (χ3v) is 3.38. The smallest absolute Gasteiger partial charge is 0.261 e. The van der Waals surface area contributed by atoms with Crippen LogP contribution >= 0.6 is 11.3 Å². The van der Waals surface area contributed by atoms with Crippen molar-refractivity contribution in [2.24, 2.45) is 5.73 Å². The summed E-state index contributed by atoms with van der Waals surface area (Å²) < 4.78 is 0. The highest BCUT2D eigenvalue weighted by Crippen LogP contribution is 2.16. The van der Waals surface area contributed by atoms with E-state index in [4.69, 9.17) is 5.73 Å². The summed E-state index contributed by atoms with van der Waals surface area (Å²) in [6.07, 6.45) is 2.91. The topological polar surface area (TPSA) is 55.1 Å². The lowest BCUT2D eigenvalue weighted by atomic mass is 10.3. The molecule has 0 fully saturated rings. The molecule has 1 rings (SSSR count). The summed E-state index contributed by atoms with van der Waals surface area (Å²) in [7, 11) is 0. The minimum Gasteiger partial charge on any atom is -0.351 e. The quantitative estimate of drug-likeness (QED) is 0.726. The second-order valence-corrected chi connectivity index (χ2v) is 4.54. The first-order valence-electron chi connectivity index (χ1n) is 5.35. The minimum atomic E-state index is 0.0386. The van der Waals surface area contributed by atoms with E-state index < -0.39 is 0 Å². The van der Waals surface area contributed by atoms with Crippen LogP contribution in [-0.4, -0.2) is 19.0 Å². The molecule has 0 atom stereocenters. The number of nitrogens with one attached hydrogen (secondary N) is 1. The molecular weight excluding hydrogens is 208 g/mol. The largest absolute Gasteiger partial charge is 0.351 e. The van der Waals surface area contributed by atoms with Crippen molar-refractivity contribution in [3.05, 3.63) is 21.9 Å². The van der Waals surface area contributed by atoms with Gasteiger partial charge in [-0.05, 0) is 37.9 Å². The Morgan fingerprint density at radius 1 is 1.47 bits per heavy atom. The lowest BCUT2D eigenvalue weighted by Gasteiger charge is -2.01. The summed E-state index contributed by atoms with van der Waals surface area (Å²) in [6, 6.07) is 3.90. The molecule has 0 spiro atoms. The van der Waals surface area contributed by atoms with E-state index in [9.17, 15) is 4.79 Å². The summed E-state index contributed by atoms with van der Waals surface area (Å²) >= 11 is 1.57. The van der Waals surface area contributed by atoms with Crippen LogP contribution in [0.1, 0.15) is 34.3 Å². The number of rotatable bonds is 6. The number of unbranched alkanes of at least 4 members (excludes halogenated alkanes) is 1. The van der Waals surface area contributed by atoms with Gasteiger partial charge >= 0.3 is 0 Å². The Morgan fingerprint density at radius 2 is 2.27 bits per heavy atom. The van der Waals surface area contributed by atoms with Gasteiger partial charge in [0.05, 0.1) is 4.88 Å². The average Bonchev–Trinajstić information content (AvgIpc) is 2.72. The molecule has 0 radical (unpaired) electrons. The van der Waals surface area contributed by atoms with Crippen LogP contribution in [-0.2, 0) is 6.42 Å². The molecule has 1 heterocycles. The number of amides is 1. The monoisotopic (exact) mass is 226 g/mol. The highest BCUT2D eigenvalue weighted by molar-refractivity contribution is 7.14. The number of nitrogens with two attached hydrogens (primary N) is 1. The second kappa shape index (κ2) is 6.58. The molecule has 4 heteroatoms. The van der Waals surface area contributed by atoms with Crippen LogP contribution in [0.25, 0.3) is 0 Å². The standard InChI is InChI=1S/C11H18N2OS/c1-2-9-5-6-10(15-9)11(14)13-8-4-3-7-12/h5-6H,2-4,7-8,12H2,1H3,(H,13,14). The van der Waals surface area contributed by atoms with E-state index in [1.807, 2.05) is 12.1 Å². The summed E-state index contributed by atoms with van der Waals surface area (Å²) in [5.74, 6) is 0.0386. The van der Waals surface area contributed by atoms with Gasteiger partial charge in [-0.2, -0.15) is 0 Å².